The molecular weight excluding hydrogens is 282 g/mol. The molecule has 2 heterocycles. The fraction of sp³-hybridized carbons (Fsp3) is 0.500. The van der Waals surface area contributed by atoms with Gasteiger partial charge in [-0.3, -0.25) is 4.90 Å². The van der Waals surface area contributed by atoms with E-state index >= 15 is 0 Å². The van der Waals surface area contributed by atoms with Gasteiger partial charge in [0.25, 0.3) is 0 Å². The van der Waals surface area contributed by atoms with E-state index in [1.807, 2.05) is 36.0 Å². The van der Waals surface area contributed by atoms with E-state index in [0.29, 0.717) is 11.6 Å². The summed E-state index contributed by atoms with van der Waals surface area (Å²) < 4.78 is 6.00. The molecule has 4 nitrogen and oxygen atoms in total. The summed E-state index contributed by atoms with van der Waals surface area (Å²) >= 11 is 2.01. The van der Waals surface area contributed by atoms with Crippen LogP contribution in [0, 0.1) is 11.3 Å². The topological polar surface area (TPSA) is 49.1 Å². The molecule has 0 amide bonds. The largest absolute Gasteiger partial charge is 0.473 e. The first-order valence-electron chi connectivity index (χ1n) is 7.26. The standard InChI is InChI=1S/C16H21N3OS/c1-2-3-6-15(13-19-8-10-21-11-9-19)20-16-7-4-5-14(12-17)18-16/h2,4-5,7,15H,1,3,6,8-11,13H2. The van der Waals surface area contributed by atoms with Crippen molar-refractivity contribution in [2.75, 3.05) is 31.1 Å². The summed E-state index contributed by atoms with van der Waals surface area (Å²) in [4.78, 5) is 6.64. The Hall–Kier alpha value is -1.51. The molecule has 2 rings (SSSR count). The molecule has 1 saturated heterocycles. The maximum Gasteiger partial charge on any atom is 0.214 e. The van der Waals surface area contributed by atoms with Crippen LogP contribution in [0.15, 0.2) is 30.9 Å². The minimum absolute atomic E-state index is 0.0903. The Balaban J connectivity index is 1.97. The number of ether oxygens (including phenoxy) is 1. The number of rotatable bonds is 7. The maximum atomic E-state index is 8.91. The summed E-state index contributed by atoms with van der Waals surface area (Å²) in [6.45, 7) is 6.92. The van der Waals surface area contributed by atoms with E-state index in [2.05, 4.69) is 16.5 Å². The Kier molecular flexibility index (Phi) is 6.58. The molecule has 1 unspecified atom stereocenters. The van der Waals surface area contributed by atoms with Crippen molar-refractivity contribution in [2.45, 2.75) is 18.9 Å². The molecule has 21 heavy (non-hydrogen) atoms. The van der Waals surface area contributed by atoms with Crippen LogP contribution in [-0.2, 0) is 0 Å². The Bertz CT molecular complexity index is 495. The van der Waals surface area contributed by atoms with Crippen molar-refractivity contribution in [2.24, 2.45) is 0 Å². The molecule has 0 aromatic carbocycles. The third kappa shape index (κ3) is 5.41. The number of nitrogens with zero attached hydrogens (tertiary/aromatic N) is 3. The van der Waals surface area contributed by atoms with Gasteiger partial charge in [-0.2, -0.15) is 17.0 Å². The van der Waals surface area contributed by atoms with E-state index in [4.69, 9.17) is 10.00 Å². The van der Waals surface area contributed by atoms with Crippen LogP contribution in [0.2, 0.25) is 0 Å². The Labute approximate surface area is 130 Å². The van der Waals surface area contributed by atoms with E-state index in [0.717, 1.165) is 32.5 Å². The van der Waals surface area contributed by atoms with Crippen LogP contribution >= 0.6 is 11.8 Å². The number of hydrogen-bond acceptors (Lipinski definition) is 5. The molecule has 1 aliphatic heterocycles. The zero-order valence-electron chi connectivity index (χ0n) is 12.2. The van der Waals surface area contributed by atoms with Gasteiger partial charge in [0.1, 0.15) is 17.9 Å². The molecule has 1 aliphatic rings. The van der Waals surface area contributed by atoms with Gasteiger partial charge in [0.15, 0.2) is 0 Å². The molecule has 5 heteroatoms. The molecule has 0 N–H and O–H groups in total. The molecule has 1 fully saturated rings. The first kappa shape index (κ1) is 15.9. The normalized spacial score (nSPS) is 16.9. The molecule has 0 spiro atoms. The first-order valence-corrected chi connectivity index (χ1v) is 8.42. The van der Waals surface area contributed by atoms with Crippen LogP contribution in [0.25, 0.3) is 0 Å². The fourth-order valence-electron chi connectivity index (χ4n) is 2.28. The van der Waals surface area contributed by atoms with E-state index in [-0.39, 0.29) is 6.10 Å². The van der Waals surface area contributed by atoms with Gasteiger partial charge in [0.2, 0.25) is 5.88 Å². The van der Waals surface area contributed by atoms with Gasteiger partial charge in [-0.25, -0.2) is 4.98 Å². The van der Waals surface area contributed by atoms with Crippen molar-refractivity contribution >= 4 is 11.8 Å². The van der Waals surface area contributed by atoms with Crippen LogP contribution < -0.4 is 4.74 Å². The highest BCUT2D eigenvalue weighted by Gasteiger charge is 2.18. The van der Waals surface area contributed by atoms with E-state index in [1.165, 1.54) is 11.5 Å². The van der Waals surface area contributed by atoms with Gasteiger partial charge in [-0.05, 0) is 18.9 Å². The third-order valence-electron chi connectivity index (χ3n) is 3.38. The average Bonchev–Trinajstić information content (AvgIpc) is 2.54. The quantitative estimate of drug-likeness (QED) is 0.725. The average molecular weight is 303 g/mol. The Morgan fingerprint density at radius 1 is 1.48 bits per heavy atom. The molecule has 1 aromatic rings. The summed E-state index contributed by atoms with van der Waals surface area (Å²) in [6.07, 6.45) is 3.85. The maximum absolute atomic E-state index is 8.91. The van der Waals surface area contributed by atoms with Crippen molar-refractivity contribution in [3.8, 4) is 11.9 Å². The molecular formula is C16H21N3OS. The van der Waals surface area contributed by atoms with Gasteiger partial charge in [-0.1, -0.05) is 12.1 Å². The molecule has 1 atom stereocenters. The predicted molar refractivity (Wildman–Crippen MR) is 86.6 cm³/mol. The lowest BCUT2D eigenvalue weighted by molar-refractivity contribution is 0.127. The van der Waals surface area contributed by atoms with Gasteiger partial charge >= 0.3 is 0 Å². The molecule has 112 valence electrons. The van der Waals surface area contributed by atoms with Gasteiger partial charge in [-0.15, -0.1) is 6.58 Å². The third-order valence-corrected chi connectivity index (χ3v) is 4.33. The predicted octanol–water partition coefficient (Wildman–Crippen LogP) is 2.72. The summed E-state index contributed by atoms with van der Waals surface area (Å²) in [5, 5.41) is 8.91. The number of hydrogen-bond donors (Lipinski definition) is 0. The van der Waals surface area contributed by atoms with Crippen molar-refractivity contribution < 1.29 is 4.74 Å². The highest BCUT2D eigenvalue weighted by Crippen LogP contribution is 2.16. The lowest BCUT2D eigenvalue weighted by Crippen LogP contribution is -2.40. The molecule has 0 radical (unpaired) electrons. The second-order valence-corrected chi connectivity index (χ2v) is 6.22. The van der Waals surface area contributed by atoms with Crippen molar-refractivity contribution in [1.29, 1.82) is 5.26 Å². The second kappa shape index (κ2) is 8.71. The van der Waals surface area contributed by atoms with Gasteiger partial charge < -0.3 is 4.74 Å². The minimum atomic E-state index is 0.0903. The SMILES string of the molecule is C=CCCC(CN1CCSCC1)Oc1cccc(C#N)n1. The summed E-state index contributed by atoms with van der Waals surface area (Å²) in [5.41, 5.74) is 0.393. The van der Waals surface area contributed by atoms with Crippen LogP contribution in [0.1, 0.15) is 18.5 Å². The zero-order valence-corrected chi connectivity index (χ0v) is 13.0. The van der Waals surface area contributed by atoms with Crippen molar-refractivity contribution in [1.82, 2.24) is 9.88 Å². The number of aromatic nitrogens is 1. The number of thioether (sulfide) groups is 1. The smallest absolute Gasteiger partial charge is 0.214 e. The van der Waals surface area contributed by atoms with Crippen LogP contribution in [0.5, 0.6) is 5.88 Å². The number of pyridine rings is 1. The summed E-state index contributed by atoms with van der Waals surface area (Å²) in [7, 11) is 0. The number of allylic oxidation sites excluding steroid dienone is 1. The monoisotopic (exact) mass is 303 g/mol. The summed E-state index contributed by atoms with van der Waals surface area (Å²) in [5.74, 6) is 2.92. The lowest BCUT2D eigenvalue weighted by Gasteiger charge is -2.30. The fourth-order valence-corrected chi connectivity index (χ4v) is 3.26. The van der Waals surface area contributed by atoms with Crippen molar-refractivity contribution in [3.05, 3.63) is 36.5 Å². The first-order chi connectivity index (χ1) is 10.3. The van der Waals surface area contributed by atoms with E-state index < -0.39 is 0 Å². The zero-order chi connectivity index (χ0) is 14.9. The van der Waals surface area contributed by atoms with Gasteiger partial charge in [0, 0.05) is 37.2 Å². The highest BCUT2D eigenvalue weighted by atomic mass is 32.2. The summed E-state index contributed by atoms with van der Waals surface area (Å²) in [6, 6.07) is 7.35. The number of nitriles is 1. The van der Waals surface area contributed by atoms with Crippen LogP contribution in [-0.4, -0.2) is 47.1 Å². The van der Waals surface area contributed by atoms with Crippen molar-refractivity contribution in [3.63, 3.8) is 0 Å². The van der Waals surface area contributed by atoms with E-state index in [9.17, 15) is 0 Å². The minimum Gasteiger partial charge on any atom is -0.473 e. The second-order valence-electron chi connectivity index (χ2n) is 4.99. The molecule has 0 aliphatic carbocycles. The van der Waals surface area contributed by atoms with Gasteiger partial charge in [0.05, 0.1) is 0 Å². The van der Waals surface area contributed by atoms with Crippen LogP contribution in [0.4, 0.5) is 0 Å². The van der Waals surface area contributed by atoms with E-state index in [1.54, 1.807) is 6.07 Å². The highest BCUT2D eigenvalue weighted by molar-refractivity contribution is 7.99. The lowest BCUT2D eigenvalue weighted by atomic mass is 10.2. The Morgan fingerprint density at radius 2 is 2.29 bits per heavy atom. The van der Waals surface area contributed by atoms with Crippen LogP contribution in [0.3, 0.4) is 0 Å². The molecule has 0 bridgehead atoms. The molecule has 0 saturated carbocycles. The Morgan fingerprint density at radius 3 is 3.00 bits per heavy atom. The molecule has 1 aromatic heterocycles.